The smallest absolute Gasteiger partial charge is 0.222 e. The molecule has 3 aromatic rings. The minimum atomic E-state index is 0.191. The van der Waals surface area contributed by atoms with E-state index in [0.29, 0.717) is 23.9 Å². The molecule has 0 aromatic carbocycles. The van der Waals surface area contributed by atoms with Gasteiger partial charge in [-0.2, -0.15) is 0 Å². The molecule has 1 fully saturated rings. The Kier molecular flexibility index (Phi) is 4.35. The van der Waals surface area contributed by atoms with Gasteiger partial charge in [0, 0.05) is 37.0 Å². The van der Waals surface area contributed by atoms with Crippen molar-refractivity contribution in [2.24, 2.45) is 0 Å². The second-order valence-electron chi connectivity index (χ2n) is 6.32. The molecule has 0 bridgehead atoms. The topological polar surface area (TPSA) is 89.4 Å². The third-order valence-electron chi connectivity index (χ3n) is 4.72. The fourth-order valence-electron chi connectivity index (χ4n) is 3.36. The summed E-state index contributed by atoms with van der Waals surface area (Å²) in [4.78, 5) is 18.6. The number of carbonyl (C=O) groups excluding carboxylic acids is 1. The van der Waals surface area contributed by atoms with Crippen LogP contribution < -0.4 is 5.73 Å². The Balaban J connectivity index is 1.34. The maximum atomic E-state index is 12.4. The highest BCUT2D eigenvalue weighted by molar-refractivity contribution is 7.13. The third-order valence-corrected chi connectivity index (χ3v) is 5.44. The molecule has 4 rings (SSSR count). The average molecular weight is 356 g/mol. The van der Waals surface area contributed by atoms with E-state index in [0.717, 1.165) is 43.1 Å². The summed E-state index contributed by atoms with van der Waals surface area (Å²) in [6, 6.07) is 5.91. The van der Waals surface area contributed by atoms with Crippen LogP contribution in [-0.2, 0) is 11.2 Å². The Morgan fingerprint density at radius 2 is 2.12 bits per heavy atom. The quantitative estimate of drug-likeness (QED) is 0.773. The SMILES string of the molecule is Nc1nc(CCC(=O)N2CCC(c3nnc4ccccn34)CC2)cs1. The number of anilines is 1. The molecule has 0 unspecified atom stereocenters. The molecule has 1 amide bonds. The van der Waals surface area contributed by atoms with E-state index in [2.05, 4.69) is 19.6 Å². The normalized spacial score (nSPS) is 15.8. The zero-order valence-electron chi connectivity index (χ0n) is 13.8. The zero-order chi connectivity index (χ0) is 17.2. The number of likely N-dealkylation sites (tertiary alicyclic amines) is 1. The third kappa shape index (κ3) is 3.34. The number of aryl methyl sites for hydroxylation is 1. The number of nitrogen functional groups attached to an aromatic ring is 1. The first-order valence-corrected chi connectivity index (χ1v) is 9.36. The standard InChI is InChI=1S/C17H20N6OS/c18-17-19-13(11-25-17)4-5-15(24)22-9-6-12(7-10-22)16-21-20-14-3-1-2-8-23(14)16/h1-3,8,11-12H,4-7,9-10H2,(H2,18,19). The van der Waals surface area contributed by atoms with Crippen LogP contribution in [0, 0.1) is 0 Å². The van der Waals surface area contributed by atoms with Crippen molar-refractivity contribution >= 4 is 28.0 Å². The van der Waals surface area contributed by atoms with E-state index in [4.69, 9.17) is 5.73 Å². The number of carbonyl (C=O) groups is 1. The van der Waals surface area contributed by atoms with Crippen molar-refractivity contribution < 1.29 is 4.79 Å². The predicted molar refractivity (Wildman–Crippen MR) is 96.4 cm³/mol. The van der Waals surface area contributed by atoms with Gasteiger partial charge in [-0.05, 0) is 31.4 Å². The van der Waals surface area contributed by atoms with Crippen molar-refractivity contribution in [1.82, 2.24) is 24.5 Å². The van der Waals surface area contributed by atoms with Gasteiger partial charge in [0.25, 0.3) is 0 Å². The van der Waals surface area contributed by atoms with Crippen LogP contribution in [0.3, 0.4) is 0 Å². The van der Waals surface area contributed by atoms with Crippen LogP contribution in [0.1, 0.15) is 36.7 Å². The molecule has 130 valence electrons. The molecule has 8 heteroatoms. The number of hydrogen-bond acceptors (Lipinski definition) is 6. The van der Waals surface area contributed by atoms with Crippen molar-refractivity contribution in [3.63, 3.8) is 0 Å². The van der Waals surface area contributed by atoms with E-state index >= 15 is 0 Å². The molecule has 3 aromatic heterocycles. The minimum Gasteiger partial charge on any atom is -0.375 e. The van der Waals surface area contributed by atoms with E-state index in [9.17, 15) is 4.79 Å². The summed E-state index contributed by atoms with van der Waals surface area (Å²) < 4.78 is 2.05. The van der Waals surface area contributed by atoms with Gasteiger partial charge < -0.3 is 10.6 Å². The van der Waals surface area contributed by atoms with Gasteiger partial charge in [-0.1, -0.05) is 6.07 Å². The maximum Gasteiger partial charge on any atom is 0.222 e. The molecule has 2 N–H and O–H groups in total. The number of nitrogens with zero attached hydrogens (tertiary/aromatic N) is 5. The second-order valence-corrected chi connectivity index (χ2v) is 7.21. The molecule has 0 atom stereocenters. The molecule has 1 aliphatic heterocycles. The molecular formula is C17H20N6OS. The lowest BCUT2D eigenvalue weighted by Crippen LogP contribution is -2.38. The van der Waals surface area contributed by atoms with Crippen LogP contribution >= 0.6 is 11.3 Å². The first kappa shape index (κ1) is 16.0. The van der Waals surface area contributed by atoms with Gasteiger partial charge >= 0.3 is 0 Å². The number of rotatable bonds is 4. The summed E-state index contributed by atoms with van der Waals surface area (Å²) in [5.41, 5.74) is 7.41. The molecule has 1 aliphatic rings. The summed E-state index contributed by atoms with van der Waals surface area (Å²) in [5.74, 6) is 1.54. The number of aromatic nitrogens is 4. The molecule has 0 spiro atoms. The number of thiazole rings is 1. The predicted octanol–water partition coefficient (Wildman–Crippen LogP) is 2.11. The van der Waals surface area contributed by atoms with E-state index < -0.39 is 0 Å². The van der Waals surface area contributed by atoms with Crippen molar-refractivity contribution in [2.45, 2.75) is 31.6 Å². The van der Waals surface area contributed by atoms with Crippen molar-refractivity contribution in [2.75, 3.05) is 18.8 Å². The fourth-order valence-corrected chi connectivity index (χ4v) is 3.95. The van der Waals surface area contributed by atoms with Crippen LogP contribution in [0.15, 0.2) is 29.8 Å². The number of amides is 1. The van der Waals surface area contributed by atoms with Crippen molar-refractivity contribution in [3.05, 3.63) is 41.3 Å². The van der Waals surface area contributed by atoms with Gasteiger partial charge in [-0.3, -0.25) is 9.20 Å². The lowest BCUT2D eigenvalue weighted by Gasteiger charge is -2.31. The van der Waals surface area contributed by atoms with Crippen LogP contribution in [0.25, 0.3) is 5.65 Å². The van der Waals surface area contributed by atoms with E-state index in [1.165, 1.54) is 11.3 Å². The summed E-state index contributed by atoms with van der Waals surface area (Å²) in [5, 5.41) is 11.1. The Bertz CT molecular complexity index is 880. The highest BCUT2D eigenvalue weighted by atomic mass is 32.1. The van der Waals surface area contributed by atoms with E-state index in [1.54, 1.807) is 0 Å². The Labute approximate surface area is 149 Å². The molecule has 0 radical (unpaired) electrons. The lowest BCUT2D eigenvalue weighted by atomic mass is 9.95. The molecular weight excluding hydrogens is 336 g/mol. The molecule has 7 nitrogen and oxygen atoms in total. The van der Waals surface area contributed by atoms with Crippen LogP contribution in [-0.4, -0.2) is 43.5 Å². The average Bonchev–Trinajstić information content (AvgIpc) is 3.26. The number of nitrogens with two attached hydrogens (primary N) is 1. The molecule has 0 aliphatic carbocycles. The molecule has 0 saturated carbocycles. The van der Waals surface area contributed by atoms with E-state index in [1.807, 2.05) is 34.7 Å². The zero-order valence-corrected chi connectivity index (χ0v) is 14.7. The second kappa shape index (κ2) is 6.79. The summed E-state index contributed by atoms with van der Waals surface area (Å²) >= 11 is 1.42. The monoisotopic (exact) mass is 356 g/mol. The first-order valence-electron chi connectivity index (χ1n) is 8.48. The minimum absolute atomic E-state index is 0.191. The van der Waals surface area contributed by atoms with Gasteiger partial charge in [0.15, 0.2) is 10.8 Å². The van der Waals surface area contributed by atoms with Crippen LogP contribution in [0.5, 0.6) is 0 Å². The molecule has 4 heterocycles. The van der Waals surface area contributed by atoms with Gasteiger partial charge in [0.1, 0.15) is 5.82 Å². The van der Waals surface area contributed by atoms with E-state index in [-0.39, 0.29) is 5.91 Å². The maximum absolute atomic E-state index is 12.4. The number of pyridine rings is 1. The first-order chi connectivity index (χ1) is 12.2. The van der Waals surface area contributed by atoms with Crippen LogP contribution in [0.4, 0.5) is 5.13 Å². The van der Waals surface area contributed by atoms with Crippen molar-refractivity contribution in [3.8, 4) is 0 Å². The van der Waals surface area contributed by atoms with Crippen molar-refractivity contribution in [1.29, 1.82) is 0 Å². The highest BCUT2D eigenvalue weighted by Crippen LogP contribution is 2.27. The van der Waals surface area contributed by atoms with Gasteiger partial charge in [0.05, 0.1) is 5.69 Å². The molecule has 25 heavy (non-hydrogen) atoms. The Morgan fingerprint density at radius 1 is 1.28 bits per heavy atom. The largest absolute Gasteiger partial charge is 0.375 e. The highest BCUT2D eigenvalue weighted by Gasteiger charge is 2.26. The number of fused-ring (bicyclic) bond motifs is 1. The van der Waals surface area contributed by atoms with Gasteiger partial charge in [0.2, 0.25) is 5.91 Å². The Morgan fingerprint density at radius 3 is 2.88 bits per heavy atom. The van der Waals surface area contributed by atoms with Gasteiger partial charge in [-0.25, -0.2) is 4.98 Å². The van der Waals surface area contributed by atoms with Gasteiger partial charge in [-0.15, -0.1) is 21.5 Å². The van der Waals surface area contributed by atoms with Crippen LogP contribution in [0.2, 0.25) is 0 Å². The lowest BCUT2D eigenvalue weighted by molar-refractivity contribution is -0.132. The summed E-state index contributed by atoms with van der Waals surface area (Å²) in [6.07, 6.45) is 4.99. The summed E-state index contributed by atoms with van der Waals surface area (Å²) in [7, 11) is 0. The molecule has 1 saturated heterocycles. The Hall–Kier alpha value is -2.48. The number of piperidine rings is 1. The fraction of sp³-hybridized carbons (Fsp3) is 0.412. The number of hydrogen-bond donors (Lipinski definition) is 1. The summed E-state index contributed by atoms with van der Waals surface area (Å²) in [6.45, 7) is 1.54.